The Hall–Kier alpha value is -3.40. The molecule has 2 amide bonds. The Labute approximate surface area is 234 Å². The van der Waals surface area contributed by atoms with E-state index >= 15 is 0 Å². The second-order valence-corrected chi connectivity index (χ2v) is 10.7. The van der Waals surface area contributed by atoms with Crippen LogP contribution in [0.5, 0.6) is 0 Å². The van der Waals surface area contributed by atoms with Gasteiger partial charge in [-0.3, -0.25) is 19.4 Å². The lowest BCUT2D eigenvalue weighted by Gasteiger charge is -2.43. The Morgan fingerprint density at radius 1 is 0.800 bits per heavy atom. The van der Waals surface area contributed by atoms with Crippen LogP contribution in [-0.2, 0) is 27.4 Å². The Bertz CT molecular complexity index is 1320. The molecule has 1 N–H and O–H groups in total. The van der Waals surface area contributed by atoms with Crippen LogP contribution in [0.25, 0.3) is 0 Å². The van der Waals surface area contributed by atoms with Crippen molar-refractivity contribution in [1.29, 1.82) is 0 Å². The molecule has 0 aliphatic carbocycles. The number of aliphatic hydroxyl groups excluding tert-OH is 1. The van der Waals surface area contributed by atoms with Crippen molar-refractivity contribution >= 4 is 11.8 Å². The average molecular weight is 543 g/mol. The van der Waals surface area contributed by atoms with E-state index in [2.05, 4.69) is 11.8 Å². The van der Waals surface area contributed by atoms with Gasteiger partial charge < -0.3 is 19.3 Å². The smallest absolute Gasteiger partial charge is 0.261 e. The molecule has 0 bridgehead atoms. The number of fused-ring (bicyclic) bond motifs is 1. The molecule has 3 aliphatic heterocycles. The molecule has 40 heavy (non-hydrogen) atoms. The van der Waals surface area contributed by atoms with Crippen molar-refractivity contribution in [2.24, 2.45) is 5.92 Å². The summed E-state index contributed by atoms with van der Waals surface area (Å²) in [5, 5.41) is 9.49. The lowest BCUT2D eigenvalue weighted by atomic mass is 9.90. The highest BCUT2D eigenvalue weighted by Gasteiger charge is 2.39. The molecule has 3 aliphatic rings. The van der Waals surface area contributed by atoms with E-state index in [0.717, 1.165) is 55.1 Å². The van der Waals surface area contributed by atoms with Gasteiger partial charge in [-0.25, -0.2) is 0 Å². The third-order valence-electron chi connectivity index (χ3n) is 8.14. The molecule has 2 saturated heterocycles. The van der Waals surface area contributed by atoms with Crippen molar-refractivity contribution in [2.45, 2.75) is 38.6 Å². The molecule has 6 rings (SSSR count). The topological polar surface area (TPSA) is 88.5 Å². The van der Waals surface area contributed by atoms with Crippen molar-refractivity contribution in [3.8, 4) is 0 Å². The second-order valence-electron chi connectivity index (χ2n) is 10.7. The second kappa shape index (κ2) is 11.6. The molecule has 3 aromatic rings. The van der Waals surface area contributed by atoms with E-state index in [4.69, 9.17) is 14.2 Å². The lowest BCUT2D eigenvalue weighted by Crippen LogP contribution is -2.47. The van der Waals surface area contributed by atoms with E-state index in [9.17, 15) is 14.7 Å². The van der Waals surface area contributed by atoms with Gasteiger partial charge in [-0.1, -0.05) is 67.6 Å². The number of morpholine rings is 1. The molecule has 0 saturated carbocycles. The van der Waals surface area contributed by atoms with E-state index in [1.54, 1.807) is 24.3 Å². The Morgan fingerprint density at radius 3 is 2.02 bits per heavy atom. The van der Waals surface area contributed by atoms with E-state index in [1.165, 1.54) is 4.90 Å². The number of carbonyl (C=O) groups is 2. The van der Waals surface area contributed by atoms with Gasteiger partial charge in [-0.15, -0.1) is 0 Å². The molecule has 0 unspecified atom stereocenters. The number of benzene rings is 3. The maximum Gasteiger partial charge on any atom is 0.261 e. The molecule has 8 nitrogen and oxygen atoms in total. The first-order valence-electron chi connectivity index (χ1n) is 13.9. The zero-order chi connectivity index (χ0) is 27.6. The van der Waals surface area contributed by atoms with Gasteiger partial charge in [0.15, 0.2) is 6.29 Å². The minimum Gasteiger partial charge on any atom is -0.392 e. The minimum absolute atomic E-state index is 0.000189. The third kappa shape index (κ3) is 5.33. The first kappa shape index (κ1) is 26.8. The molecule has 208 valence electrons. The summed E-state index contributed by atoms with van der Waals surface area (Å²) < 4.78 is 18.7. The maximum absolute atomic E-state index is 12.8. The number of imide groups is 1. The fourth-order valence-corrected chi connectivity index (χ4v) is 5.71. The highest BCUT2D eigenvalue weighted by atomic mass is 16.7. The van der Waals surface area contributed by atoms with Crippen LogP contribution in [0.15, 0.2) is 72.8 Å². The predicted octanol–water partition coefficient (Wildman–Crippen LogP) is 4.10. The monoisotopic (exact) mass is 542 g/mol. The minimum atomic E-state index is -0.571. The van der Waals surface area contributed by atoms with Crippen LogP contribution in [0.1, 0.15) is 62.3 Å². The lowest BCUT2D eigenvalue weighted by molar-refractivity contribution is -0.277. The maximum atomic E-state index is 12.8. The standard InChI is InChI=1S/C32H34N2O6/c1-21-28(19-33-14-16-38-17-15-33)39-32(40-29(21)24-10-8-23(20-35)9-11-24)25-12-6-22(7-13-25)18-34-30(36)26-4-2-3-5-27(26)31(34)37/h2-13,21,28-29,32,35H,14-20H2,1H3/t21-,28+,29+,32+/m1/s1. The molecule has 0 spiro atoms. The highest BCUT2D eigenvalue weighted by molar-refractivity contribution is 6.21. The quantitative estimate of drug-likeness (QED) is 0.450. The number of rotatable bonds is 7. The molecular formula is C32H34N2O6. The van der Waals surface area contributed by atoms with Gasteiger partial charge in [0.2, 0.25) is 0 Å². The molecule has 3 heterocycles. The van der Waals surface area contributed by atoms with Gasteiger partial charge in [0.25, 0.3) is 11.8 Å². The molecule has 0 radical (unpaired) electrons. The van der Waals surface area contributed by atoms with Crippen molar-refractivity contribution in [3.05, 3.63) is 106 Å². The number of amides is 2. The number of ether oxygens (including phenoxy) is 3. The van der Waals surface area contributed by atoms with Gasteiger partial charge in [0.1, 0.15) is 0 Å². The predicted molar refractivity (Wildman–Crippen MR) is 147 cm³/mol. The third-order valence-corrected chi connectivity index (χ3v) is 8.14. The first-order chi connectivity index (χ1) is 19.5. The largest absolute Gasteiger partial charge is 0.392 e. The zero-order valence-corrected chi connectivity index (χ0v) is 22.6. The van der Waals surface area contributed by atoms with Crippen LogP contribution in [0.4, 0.5) is 0 Å². The van der Waals surface area contributed by atoms with Gasteiger partial charge in [-0.05, 0) is 28.8 Å². The van der Waals surface area contributed by atoms with Gasteiger partial charge in [0.05, 0.1) is 49.7 Å². The molecule has 8 heteroatoms. The fraction of sp³-hybridized carbons (Fsp3) is 0.375. The zero-order valence-electron chi connectivity index (χ0n) is 22.6. The number of hydrogen-bond acceptors (Lipinski definition) is 7. The summed E-state index contributed by atoms with van der Waals surface area (Å²) in [5.41, 5.74) is 4.54. The van der Waals surface area contributed by atoms with Crippen LogP contribution < -0.4 is 0 Å². The number of hydrogen-bond donors (Lipinski definition) is 1. The Morgan fingerprint density at radius 2 is 1.40 bits per heavy atom. The SMILES string of the molecule is C[C@@H]1[C@H](CN2CCOCC2)O[C@H](c2ccc(CN3C(=O)c4ccccc4C3=O)cc2)O[C@@H]1c1ccc(CO)cc1. The van der Waals surface area contributed by atoms with E-state index in [0.29, 0.717) is 11.1 Å². The summed E-state index contributed by atoms with van der Waals surface area (Å²) in [4.78, 5) is 29.3. The molecule has 0 aromatic heterocycles. The number of aliphatic hydroxyl groups is 1. The average Bonchev–Trinajstić information content (AvgIpc) is 3.24. The van der Waals surface area contributed by atoms with Crippen LogP contribution in [0, 0.1) is 5.92 Å². The van der Waals surface area contributed by atoms with Crippen molar-refractivity contribution in [2.75, 3.05) is 32.8 Å². The summed E-state index contributed by atoms with van der Waals surface area (Å²) in [5.74, 6) is -0.426. The number of nitrogens with zero attached hydrogens (tertiary/aromatic N) is 2. The molecule has 3 aromatic carbocycles. The van der Waals surface area contributed by atoms with Crippen LogP contribution in [0.3, 0.4) is 0 Å². The summed E-state index contributed by atoms with van der Waals surface area (Å²) in [7, 11) is 0. The van der Waals surface area contributed by atoms with Gasteiger partial charge in [0, 0.05) is 31.1 Å². The normalized spacial score (nSPS) is 25.3. The van der Waals surface area contributed by atoms with Crippen molar-refractivity contribution in [1.82, 2.24) is 9.80 Å². The first-order valence-corrected chi connectivity index (χ1v) is 13.9. The van der Waals surface area contributed by atoms with E-state index < -0.39 is 6.29 Å². The summed E-state index contributed by atoms with van der Waals surface area (Å²) in [6, 6.07) is 22.6. The van der Waals surface area contributed by atoms with Gasteiger partial charge >= 0.3 is 0 Å². The summed E-state index contributed by atoms with van der Waals surface area (Å²) in [6.45, 7) is 6.35. The molecule has 4 atom stereocenters. The highest BCUT2D eigenvalue weighted by Crippen LogP contribution is 2.42. The van der Waals surface area contributed by atoms with E-state index in [1.807, 2.05) is 48.5 Å². The molecule has 2 fully saturated rings. The van der Waals surface area contributed by atoms with Crippen molar-refractivity contribution < 1.29 is 28.9 Å². The van der Waals surface area contributed by atoms with E-state index in [-0.39, 0.29) is 43.1 Å². The Kier molecular flexibility index (Phi) is 7.78. The summed E-state index contributed by atoms with van der Waals surface area (Å²) >= 11 is 0. The summed E-state index contributed by atoms with van der Waals surface area (Å²) in [6.07, 6.45) is -0.814. The fourth-order valence-electron chi connectivity index (χ4n) is 5.71. The van der Waals surface area contributed by atoms with Crippen molar-refractivity contribution in [3.63, 3.8) is 0 Å². The van der Waals surface area contributed by atoms with Crippen LogP contribution >= 0.6 is 0 Å². The number of carbonyl (C=O) groups excluding carboxylic acids is 2. The van der Waals surface area contributed by atoms with Crippen LogP contribution in [-0.4, -0.2) is 65.7 Å². The molecular weight excluding hydrogens is 508 g/mol. The Balaban J connectivity index is 1.20. The van der Waals surface area contributed by atoms with Crippen LogP contribution in [0.2, 0.25) is 0 Å². The van der Waals surface area contributed by atoms with Gasteiger partial charge in [-0.2, -0.15) is 0 Å².